The van der Waals surface area contributed by atoms with Crippen molar-refractivity contribution in [1.29, 1.82) is 0 Å². The molecule has 92 valence electrons. The van der Waals surface area contributed by atoms with Crippen molar-refractivity contribution in [2.45, 2.75) is 40.5 Å². The predicted octanol–water partition coefficient (Wildman–Crippen LogP) is 4.82. The van der Waals surface area contributed by atoms with Gasteiger partial charge in [-0.1, -0.05) is 52.0 Å². The summed E-state index contributed by atoms with van der Waals surface area (Å²) in [5.74, 6) is 1.99. The molecule has 0 atom stereocenters. The van der Waals surface area contributed by atoms with Gasteiger partial charge in [0.15, 0.2) is 0 Å². The Kier molecular flexibility index (Phi) is 9.51. The van der Waals surface area contributed by atoms with Crippen LogP contribution in [0.3, 0.4) is 0 Å². The molecule has 0 nitrogen and oxygen atoms in total. The van der Waals surface area contributed by atoms with Gasteiger partial charge in [-0.05, 0) is 41.9 Å². The standard InChI is InChI=1S/C13H20S.C2H6/c1-11(2)10-13-7-5-4-6-12(13)8-9-14-3;1-2/h4-7,11H,8-10H2,1-3H3;1-2H3. The van der Waals surface area contributed by atoms with Crippen molar-refractivity contribution in [3.8, 4) is 0 Å². The van der Waals surface area contributed by atoms with Crippen molar-refractivity contribution in [2.75, 3.05) is 12.0 Å². The van der Waals surface area contributed by atoms with E-state index in [0.717, 1.165) is 5.92 Å². The largest absolute Gasteiger partial charge is 0.165 e. The minimum Gasteiger partial charge on any atom is -0.165 e. The molecule has 1 aromatic rings. The summed E-state index contributed by atoms with van der Waals surface area (Å²) in [5.41, 5.74) is 3.08. The maximum atomic E-state index is 2.28. The highest BCUT2D eigenvalue weighted by molar-refractivity contribution is 7.98. The van der Waals surface area contributed by atoms with Gasteiger partial charge in [0.1, 0.15) is 0 Å². The summed E-state index contributed by atoms with van der Waals surface area (Å²) in [6, 6.07) is 8.85. The first kappa shape index (κ1) is 15.6. The van der Waals surface area contributed by atoms with E-state index in [1.165, 1.54) is 29.7 Å². The van der Waals surface area contributed by atoms with Crippen LogP contribution in [0, 0.1) is 5.92 Å². The molecule has 0 aliphatic carbocycles. The SMILES string of the molecule is CC.CSCCc1ccccc1CC(C)C. The van der Waals surface area contributed by atoms with E-state index < -0.39 is 0 Å². The molecule has 0 spiro atoms. The van der Waals surface area contributed by atoms with Gasteiger partial charge in [-0.2, -0.15) is 11.8 Å². The highest BCUT2D eigenvalue weighted by Crippen LogP contribution is 2.15. The molecule has 0 saturated heterocycles. The second-order valence-electron chi connectivity index (χ2n) is 4.11. The van der Waals surface area contributed by atoms with Crippen LogP contribution in [0.25, 0.3) is 0 Å². The molecule has 1 heteroatoms. The smallest absolute Gasteiger partial charge is 0.00297 e. The first-order valence-electron chi connectivity index (χ1n) is 6.29. The molecule has 0 unspecified atom stereocenters. The van der Waals surface area contributed by atoms with Crippen LogP contribution in [0.5, 0.6) is 0 Å². The van der Waals surface area contributed by atoms with E-state index in [1.807, 2.05) is 25.6 Å². The Morgan fingerprint density at radius 1 is 1.06 bits per heavy atom. The van der Waals surface area contributed by atoms with E-state index in [4.69, 9.17) is 0 Å². The Labute approximate surface area is 106 Å². The lowest BCUT2D eigenvalue weighted by Crippen LogP contribution is -2.00. The number of hydrogen-bond acceptors (Lipinski definition) is 1. The summed E-state index contributed by atoms with van der Waals surface area (Å²) in [4.78, 5) is 0. The van der Waals surface area contributed by atoms with Gasteiger partial charge in [-0.15, -0.1) is 0 Å². The highest BCUT2D eigenvalue weighted by Gasteiger charge is 2.03. The molecule has 0 fully saturated rings. The molecule has 1 rings (SSSR count). The number of hydrogen-bond donors (Lipinski definition) is 0. The van der Waals surface area contributed by atoms with E-state index in [1.54, 1.807) is 0 Å². The lowest BCUT2D eigenvalue weighted by Gasteiger charge is -2.10. The summed E-state index contributed by atoms with van der Waals surface area (Å²) in [7, 11) is 0. The third-order valence-corrected chi connectivity index (χ3v) is 2.93. The van der Waals surface area contributed by atoms with Crippen LogP contribution in [-0.2, 0) is 12.8 Å². The molecule has 0 aromatic heterocycles. The van der Waals surface area contributed by atoms with E-state index in [0.29, 0.717) is 0 Å². The summed E-state index contributed by atoms with van der Waals surface area (Å²) in [6.45, 7) is 8.57. The van der Waals surface area contributed by atoms with Crippen molar-refractivity contribution in [2.24, 2.45) is 5.92 Å². The lowest BCUT2D eigenvalue weighted by atomic mass is 9.97. The van der Waals surface area contributed by atoms with Crippen molar-refractivity contribution < 1.29 is 0 Å². The monoisotopic (exact) mass is 238 g/mol. The van der Waals surface area contributed by atoms with Crippen LogP contribution in [0.15, 0.2) is 24.3 Å². The normalized spacial score (nSPS) is 9.88. The van der Waals surface area contributed by atoms with Gasteiger partial charge in [0.05, 0.1) is 0 Å². The zero-order chi connectivity index (χ0) is 12.4. The topological polar surface area (TPSA) is 0 Å². The molecule has 0 heterocycles. The first-order chi connectivity index (χ1) is 7.74. The zero-order valence-electron chi connectivity index (χ0n) is 11.4. The van der Waals surface area contributed by atoms with Gasteiger partial charge < -0.3 is 0 Å². The van der Waals surface area contributed by atoms with Gasteiger partial charge in [0.25, 0.3) is 0 Å². The molecule has 0 amide bonds. The van der Waals surface area contributed by atoms with E-state index in [9.17, 15) is 0 Å². The number of thioether (sulfide) groups is 1. The van der Waals surface area contributed by atoms with E-state index in [-0.39, 0.29) is 0 Å². The maximum absolute atomic E-state index is 2.28. The number of benzene rings is 1. The van der Waals surface area contributed by atoms with Gasteiger partial charge in [-0.3, -0.25) is 0 Å². The van der Waals surface area contributed by atoms with Crippen molar-refractivity contribution in [1.82, 2.24) is 0 Å². The Balaban J connectivity index is 0.00000106. The van der Waals surface area contributed by atoms with Crippen LogP contribution in [0.4, 0.5) is 0 Å². The molecule has 0 aliphatic heterocycles. The average Bonchev–Trinajstić information content (AvgIpc) is 2.30. The fourth-order valence-electron chi connectivity index (χ4n) is 1.65. The number of aryl methyl sites for hydroxylation is 1. The molecule has 0 bridgehead atoms. The molecule has 1 aromatic carbocycles. The Morgan fingerprint density at radius 3 is 2.12 bits per heavy atom. The second kappa shape index (κ2) is 9.77. The van der Waals surface area contributed by atoms with Crippen LogP contribution in [0.1, 0.15) is 38.8 Å². The first-order valence-corrected chi connectivity index (χ1v) is 7.69. The molecular formula is C15H26S. The van der Waals surface area contributed by atoms with Crippen LogP contribution < -0.4 is 0 Å². The molecule has 0 N–H and O–H groups in total. The fraction of sp³-hybridized carbons (Fsp3) is 0.600. The average molecular weight is 238 g/mol. The molecule has 16 heavy (non-hydrogen) atoms. The van der Waals surface area contributed by atoms with Crippen molar-refractivity contribution >= 4 is 11.8 Å². The highest BCUT2D eigenvalue weighted by atomic mass is 32.2. The third kappa shape index (κ3) is 6.22. The lowest BCUT2D eigenvalue weighted by molar-refractivity contribution is 0.643. The summed E-state index contributed by atoms with van der Waals surface area (Å²) >= 11 is 1.92. The van der Waals surface area contributed by atoms with E-state index in [2.05, 4.69) is 44.4 Å². The molecular weight excluding hydrogens is 212 g/mol. The minimum absolute atomic E-state index is 0.755. The van der Waals surface area contributed by atoms with Crippen LogP contribution in [-0.4, -0.2) is 12.0 Å². The van der Waals surface area contributed by atoms with Crippen molar-refractivity contribution in [3.63, 3.8) is 0 Å². The minimum atomic E-state index is 0.755. The zero-order valence-corrected chi connectivity index (χ0v) is 12.2. The summed E-state index contributed by atoms with van der Waals surface area (Å²) < 4.78 is 0. The molecule has 0 saturated carbocycles. The van der Waals surface area contributed by atoms with Crippen LogP contribution in [0.2, 0.25) is 0 Å². The van der Waals surface area contributed by atoms with Gasteiger partial charge in [0.2, 0.25) is 0 Å². The maximum Gasteiger partial charge on any atom is -0.00297 e. The van der Waals surface area contributed by atoms with E-state index >= 15 is 0 Å². The Bertz CT molecular complexity index is 266. The fourth-order valence-corrected chi connectivity index (χ4v) is 2.08. The number of rotatable bonds is 5. The van der Waals surface area contributed by atoms with Crippen LogP contribution >= 0.6 is 11.8 Å². The Morgan fingerprint density at radius 2 is 1.62 bits per heavy atom. The summed E-state index contributed by atoms with van der Waals surface area (Å²) in [6.07, 6.45) is 4.60. The molecule has 0 aliphatic rings. The Hall–Kier alpha value is -0.430. The van der Waals surface area contributed by atoms with Gasteiger partial charge >= 0.3 is 0 Å². The van der Waals surface area contributed by atoms with Gasteiger partial charge in [0, 0.05) is 0 Å². The van der Waals surface area contributed by atoms with Crippen molar-refractivity contribution in [3.05, 3.63) is 35.4 Å². The quantitative estimate of drug-likeness (QED) is 0.709. The van der Waals surface area contributed by atoms with Gasteiger partial charge in [-0.25, -0.2) is 0 Å². The third-order valence-electron chi connectivity index (χ3n) is 2.32. The summed E-state index contributed by atoms with van der Waals surface area (Å²) in [5, 5.41) is 0. The second-order valence-corrected chi connectivity index (χ2v) is 5.10. The molecule has 0 radical (unpaired) electrons. The predicted molar refractivity (Wildman–Crippen MR) is 78.4 cm³/mol.